The van der Waals surface area contributed by atoms with Crippen LogP contribution < -0.4 is 19.1 Å². The van der Waals surface area contributed by atoms with Crippen LogP contribution in [0, 0.1) is 5.82 Å². The summed E-state index contributed by atoms with van der Waals surface area (Å²) >= 11 is 0. The minimum atomic E-state index is -4.43. The van der Waals surface area contributed by atoms with Crippen LogP contribution in [0.2, 0.25) is 0 Å². The van der Waals surface area contributed by atoms with Gasteiger partial charge in [-0.1, -0.05) is 79.9 Å². The Morgan fingerprint density at radius 2 is 1.43 bits per heavy atom. The normalized spacial score (nSPS) is 14.0. The van der Waals surface area contributed by atoms with Gasteiger partial charge in [0.1, 0.15) is 18.4 Å². The summed E-state index contributed by atoms with van der Waals surface area (Å²) in [6.07, 6.45) is 5.09. The van der Waals surface area contributed by atoms with Gasteiger partial charge in [0.25, 0.3) is 10.0 Å². The molecule has 0 heterocycles. The van der Waals surface area contributed by atoms with Gasteiger partial charge in [-0.15, -0.1) is 0 Å². The Morgan fingerprint density at radius 1 is 0.816 bits per heavy atom. The van der Waals surface area contributed by atoms with Gasteiger partial charge in [0.05, 0.1) is 24.8 Å². The monoisotopic (exact) mass is 687 g/mol. The molecule has 1 saturated carbocycles. The van der Waals surface area contributed by atoms with Gasteiger partial charge in [0.15, 0.2) is 11.5 Å². The van der Waals surface area contributed by atoms with Crippen LogP contribution in [0.4, 0.5) is 10.1 Å². The molecule has 1 aliphatic carbocycles. The molecule has 0 saturated heterocycles. The fourth-order valence-corrected chi connectivity index (χ4v) is 7.55. The first-order valence-corrected chi connectivity index (χ1v) is 17.8. The number of anilines is 1. The predicted octanol–water partition coefficient (Wildman–Crippen LogP) is 6.13. The van der Waals surface area contributed by atoms with E-state index in [4.69, 9.17) is 9.47 Å². The standard InChI is InChI=1S/C38H42FN3O6S/c1-47-35-23-22-33(25-36(35)48-2)49(45,46)42(32-20-18-30(39)19-21-32)27-37(43)41(26-29-14-8-4-9-15-29)34(24-28-12-6-3-7-13-28)38(44)40-31-16-10-5-11-17-31/h3-4,6-9,12-15,18-23,25,31,34H,5,10-11,16-17,24,26-27H2,1-2H3,(H,40,44)/t34-/m0/s1. The number of hydrogen-bond acceptors (Lipinski definition) is 6. The number of sulfonamides is 1. The number of rotatable bonds is 14. The van der Waals surface area contributed by atoms with Crippen LogP contribution in [0.5, 0.6) is 11.5 Å². The molecular weight excluding hydrogens is 645 g/mol. The maximum absolute atomic E-state index is 14.6. The fraction of sp³-hybridized carbons (Fsp3) is 0.316. The maximum atomic E-state index is 14.6. The number of nitrogens with one attached hydrogen (secondary N) is 1. The van der Waals surface area contributed by atoms with Crippen LogP contribution in [0.1, 0.15) is 43.2 Å². The van der Waals surface area contributed by atoms with Gasteiger partial charge in [-0.3, -0.25) is 13.9 Å². The zero-order chi connectivity index (χ0) is 34.8. The molecule has 0 aliphatic heterocycles. The van der Waals surface area contributed by atoms with Gasteiger partial charge in [-0.25, -0.2) is 12.8 Å². The van der Waals surface area contributed by atoms with Crippen LogP contribution >= 0.6 is 0 Å². The van der Waals surface area contributed by atoms with E-state index in [0.717, 1.165) is 59.7 Å². The Morgan fingerprint density at radius 3 is 2.04 bits per heavy atom. The molecule has 1 fully saturated rings. The van der Waals surface area contributed by atoms with Gasteiger partial charge in [-0.05, 0) is 60.4 Å². The van der Waals surface area contributed by atoms with Crippen molar-refractivity contribution in [2.45, 2.75) is 62.0 Å². The van der Waals surface area contributed by atoms with Crippen LogP contribution in [0.15, 0.2) is 108 Å². The Labute approximate surface area is 287 Å². The first kappa shape index (κ1) is 35.4. The largest absolute Gasteiger partial charge is 0.493 e. The third kappa shape index (κ3) is 8.97. The van der Waals surface area contributed by atoms with Crippen molar-refractivity contribution in [2.75, 3.05) is 25.1 Å². The number of carbonyl (C=O) groups excluding carboxylic acids is 2. The molecule has 0 bridgehead atoms. The van der Waals surface area contributed by atoms with Crippen LogP contribution in [-0.4, -0.2) is 58.0 Å². The highest BCUT2D eigenvalue weighted by Gasteiger charge is 2.35. The quantitative estimate of drug-likeness (QED) is 0.171. The Bertz CT molecular complexity index is 1800. The number of hydrogen-bond donors (Lipinski definition) is 1. The molecule has 2 amide bonds. The average Bonchev–Trinajstić information content (AvgIpc) is 3.13. The SMILES string of the molecule is COc1ccc(S(=O)(=O)N(CC(=O)N(Cc2ccccc2)[C@@H](Cc2ccccc2)C(=O)NC2CCCCC2)c2ccc(F)cc2)cc1OC. The molecule has 9 nitrogen and oxygen atoms in total. The van der Waals surface area contributed by atoms with E-state index < -0.39 is 34.3 Å². The van der Waals surface area contributed by atoms with Crippen molar-refractivity contribution < 1.29 is 31.9 Å². The van der Waals surface area contributed by atoms with Gasteiger partial charge < -0.3 is 19.7 Å². The molecule has 0 aromatic heterocycles. The molecule has 0 radical (unpaired) electrons. The summed E-state index contributed by atoms with van der Waals surface area (Å²) in [5.41, 5.74) is 1.71. The zero-order valence-corrected chi connectivity index (χ0v) is 28.6. The predicted molar refractivity (Wildman–Crippen MR) is 186 cm³/mol. The molecule has 11 heteroatoms. The van der Waals surface area contributed by atoms with Gasteiger partial charge in [0.2, 0.25) is 11.8 Å². The summed E-state index contributed by atoms with van der Waals surface area (Å²) in [6, 6.07) is 26.8. The first-order valence-electron chi connectivity index (χ1n) is 16.4. The minimum Gasteiger partial charge on any atom is -0.493 e. The van der Waals surface area contributed by atoms with Crippen LogP contribution in [0.25, 0.3) is 0 Å². The molecule has 258 valence electrons. The van der Waals surface area contributed by atoms with E-state index in [0.29, 0.717) is 5.75 Å². The summed E-state index contributed by atoms with van der Waals surface area (Å²) in [7, 11) is -1.60. The highest BCUT2D eigenvalue weighted by Crippen LogP contribution is 2.32. The van der Waals surface area contributed by atoms with E-state index in [2.05, 4.69) is 5.32 Å². The van der Waals surface area contributed by atoms with Crippen molar-refractivity contribution >= 4 is 27.5 Å². The average molecular weight is 688 g/mol. The third-order valence-electron chi connectivity index (χ3n) is 8.75. The number of benzene rings is 4. The van der Waals surface area contributed by atoms with Crippen LogP contribution in [-0.2, 0) is 32.6 Å². The van der Waals surface area contributed by atoms with Crippen molar-refractivity contribution in [3.05, 3.63) is 120 Å². The Balaban J connectivity index is 1.56. The highest BCUT2D eigenvalue weighted by atomic mass is 32.2. The highest BCUT2D eigenvalue weighted by molar-refractivity contribution is 7.92. The van der Waals surface area contributed by atoms with Crippen molar-refractivity contribution in [1.29, 1.82) is 0 Å². The van der Waals surface area contributed by atoms with Crippen molar-refractivity contribution in [1.82, 2.24) is 10.2 Å². The number of ether oxygens (including phenoxy) is 2. The summed E-state index contributed by atoms with van der Waals surface area (Å²) in [5, 5.41) is 3.20. The molecule has 0 unspecified atom stereocenters. The van der Waals surface area contributed by atoms with Crippen molar-refractivity contribution in [3.8, 4) is 11.5 Å². The number of carbonyl (C=O) groups is 2. The summed E-state index contributed by atoms with van der Waals surface area (Å²) in [5.74, 6) is -0.950. The second kappa shape index (κ2) is 16.5. The molecule has 5 rings (SSSR count). The number of amides is 2. The van der Waals surface area contributed by atoms with E-state index in [1.165, 1.54) is 49.5 Å². The van der Waals surface area contributed by atoms with E-state index in [-0.39, 0.29) is 41.2 Å². The lowest BCUT2D eigenvalue weighted by molar-refractivity contribution is -0.140. The number of methoxy groups -OCH3 is 2. The fourth-order valence-electron chi connectivity index (χ4n) is 6.12. The summed E-state index contributed by atoms with van der Waals surface area (Å²) < 4.78 is 54.3. The molecular formula is C38H42FN3O6S. The molecule has 4 aromatic carbocycles. The number of nitrogens with zero attached hydrogens (tertiary/aromatic N) is 2. The molecule has 1 N–H and O–H groups in total. The second-order valence-corrected chi connectivity index (χ2v) is 13.9. The maximum Gasteiger partial charge on any atom is 0.264 e. The molecule has 4 aromatic rings. The lowest BCUT2D eigenvalue weighted by atomic mass is 9.94. The minimum absolute atomic E-state index is 0.00524. The molecule has 1 aliphatic rings. The smallest absolute Gasteiger partial charge is 0.264 e. The van der Waals surface area contributed by atoms with E-state index in [1.807, 2.05) is 60.7 Å². The van der Waals surface area contributed by atoms with E-state index in [9.17, 15) is 22.4 Å². The summed E-state index contributed by atoms with van der Waals surface area (Å²) in [4.78, 5) is 30.1. The molecule has 49 heavy (non-hydrogen) atoms. The zero-order valence-electron chi connectivity index (χ0n) is 27.8. The van der Waals surface area contributed by atoms with E-state index >= 15 is 0 Å². The second-order valence-electron chi connectivity index (χ2n) is 12.1. The topological polar surface area (TPSA) is 105 Å². The Kier molecular flexibility index (Phi) is 11.9. The third-order valence-corrected chi connectivity index (χ3v) is 10.5. The van der Waals surface area contributed by atoms with Crippen molar-refractivity contribution in [2.24, 2.45) is 0 Å². The lowest BCUT2D eigenvalue weighted by Gasteiger charge is -2.35. The lowest BCUT2D eigenvalue weighted by Crippen LogP contribution is -2.55. The van der Waals surface area contributed by atoms with Gasteiger partial charge in [0, 0.05) is 25.1 Å². The summed E-state index contributed by atoms with van der Waals surface area (Å²) in [6.45, 7) is -0.597. The van der Waals surface area contributed by atoms with Crippen LogP contribution in [0.3, 0.4) is 0 Å². The number of halogens is 1. The Hall–Kier alpha value is -4.90. The van der Waals surface area contributed by atoms with Gasteiger partial charge >= 0.3 is 0 Å². The van der Waals surface area contributed by atoms with Crippen molar-refractivity contribution in [3.63, 3.8) is 0 Å². The van der Waals surface area contributed by atoms with Gasteiger partial charge in [-0.2, -0.15) is 0 Å². The van der Waals surface area contributed by atoms with E-state index in [1.54, 1.807) is 0 Å². The molecule has 1 atom stereocenters. The first-order chi connectivity index (χ1) is 23.7. The molecule has 0 spiro atoms.